The average Bonchev–Trinajstić information content (AvgIpc) is 3.07. The molecule has 2 heterocycles. The molecule has 0 aliphatic rings. The predicted molar refractivity (Wildman–Crippen MR) is 160 cm³/mol. The Morgan fingerprint density at radius 3 is 1.69 bits per heavy atom. The number of ether oxygens (including phenoxy) is 3. The molecule has 0 fully saturated rings. The van der Waals surface area contributed by atoms with Gasteiger partial charge in [-0.15, -0.1) is 0 Å². The molecule has 0 saturated heterocycles. The molecule has 49 heavy (non-hydrogen) atoms. The highest BCUT2D eigenvalue weighted by Gasteiger charge is 2.18. The van der Waals surface area contributed by atoms with Crippen molar-refractivity contribution in [2.75, 3.05) is 6.54 Å². The summed E-state index contributed by atoms with van der Waals surface area (Å²) in [7, 11) is 0. The van der Waals surface area contributed by atoms with E-state index in [1.807, 2.05) is 6.07 Å². The van der Waals surface area contributed by atoms with Crippen molar-refractivity contribution >= 4 is 17.8 Å². The number of rotatable bonds is 10. The van der Waals surface area contributed by atoms with Gasteiger partial charge in [0.15, 0.2) is 46.0 Å². The quantitative estimate of drug-likeness (QED) is 0.102. The van der Waals surface area contributed by atoms with Gasteiger partial charge in [-0.05, 0) is 29.8 Å². The van der Waals surface area contributed by atoms with Gasteiger partial charge >= 0.3 is 11.9 Å². The lowest BCUT2D eigenvalue weighted by molar-refractivity contribution is -0.143. The number of hydrogen-bond acceptors (Lipinski definition) is 10. The average molecular weight is 682 g/mol. The molecule has 5 aromatic rings. The maximum atomic E-state index is 13.7. The van der Waals surface area contributed by atoms with E-state index in [2.05, 4.69) is 15.3 Å². The lowest BCUT2D eigenvalue weighted by Crippen LogP contribution is -2.31. The lowest BCUT2D eigenvalue weighted by atomic mass is 10.2. The summed E-state index contributed by atoms with van der Waals surface area (Å²) in [5, 5.41) is 30.3. The minimum atomic E-state index is -1.42. The van der Waals surface area contributed by atoms with Crippen LogP contribution in [0.3, 0.4) is 0 Å². The molecule has 252 valence electrons. The molecule has 16 heteroatoms. The third kappa shape index (κ3) is 9.65. The number of halogens is 4. The molecule has 4 N–H and O–H groups in total. The largest absolute Gasteiger partial charge is 0.505 e. The van der Waals surface area contributed by atoms with Crippen molar-refractivity contribution in [3.05, 3.63) is 131 Å². The highest BCUT2D eigenvalue weighted by molar-refractivity contribution is 5.96. The van der Waals surface area contributed by atoms with Gasteiger partial charge in [0.25, 0.3) is 5.91 Å². The summed E-state index contributed by atoms with van der Waals surface area (Å²) < 4.78 is 68.3. The Morgan fingerprint density at radius 2 is 1.20 bits per heavy atom. The molecule has 5 rings (SSSR count). The number of hydrogen-bond donors (Lipinski definition) is 4. The number of aromatic carboxylic acids is 1. The first-order valence-electron chi connectivity index (χ1n) is 13.8. The second-order valence-corrected chi connectivity index (χ2v) is 9.52. The van der Waals surface area contributed by atoms with Crippen LogP contribution in [0.15, 0.2) is 91.3 Å². The zero-order valence-corrected chi connectivity index (χ0v) is 24.8. The van der Waals surface area contributed by atoms with Gasteiger partial charge in [0.1, 0.15) is 24.7 Å². The number of aromatic hydroxyl groups is 2. The number of carbonyl (C=O) groups is 3. The second-order valence-electron chi connectivity index (χ2n) is 9.52. The van der Waals surface area contributed by atoms with E-state index in [4.69, 9.17) is 19.3 Å². The van der Waals surface area contributed by atoms with Crippen LogP contribution in [0.4, 0.5) is 17.6 Å². The molecule has 0 aliphatic carbocycles. The molecule has 0 radical (unpaired) electrons. The van der Waals surface area contributed by atoms with Crippen molar-refractivity contribution in [3.8, 4) is 34.5 Å². The van der Waals surface area contributed by atoms with Crippen molar-refractivity contribution in [3.63, 3.8) is 0 Å². The lowest BCUT2D eigenvalue weighted by Gasteiger charge is -2.10. The van der Waals surface area contributed by atoms with Crippen molar-refractivity contribution in [2.45, 2.75) is 6.61 Å². The number of benzene rings is 3. The highest BCUT2D eigenvalue weighted by Crippen LogP contribution is 2.30. The number of aromatic nitrogens is 2. The third-order valence-electron chi connectivity index (χ3n) is 6.03. The molecule has 12 nitrogen and oxygen atoms in total. The third-order valence-corrected chi connectivity index (χ3v) is 6.03. The number of pyridine rings is 2. The van der Waals surface area contributed by atoms with Gasteiger partial charge in [0, 0.05) is 12.1 Å². The normalized spacial score (nSPS) is 10.3. The number of carboxylic acids is 1. The van der Waals surface area contributed by atoms with Crippen LogP contribution in [0.5, 0.6) is 34.5 Å². The van der Waals surface area contributed by atoms with Crippen LogP contribution < -0.4 is 14.8 Å². The first-order valence-corrected chi connectivity index (χ1v) is 13.8. The molecule has 1 amide bonds. The molecule has 0 atom stereocenters. The maximum Gasteiger partial charge on any atom is 0.358 e. The Kier molecular flexibility index (Phi) is 11.6. The molecular formula is C33H23F4N3O9. The first-order chi connectivity index (χ1) is 23.4. The highest BCUT2D eigenvalue weighted by atomic mass is 19.2. The fraction of sp³-hybridized carbons (Fsp3) is 0.0606. The SMILES string of the molecule is O=C(CNC(=O)c1ncc(Oc2cccc(F)c2F)cc1O)OCc1ccccc1.O=C(O)c1ncc(Oc2cccc(F)c2F)cc1O. The van der Waals surface area contributed by atoms with Crippen LogP contribution in [0.2, 0.25) is 0 Å². The Labute approximate surface area is 273 Å². The summed E-state index contributed by atoms with van der Waals surface area (Å²) in [6.07, 6.45) is 2.03. The van der Waals surface area contributed by atoms with Crippen LogP contribution in [0, 0.1) is 23.3 Å². The van der Waals surface area contributed by atoms with Crippen LogP contribution in [-0.4, -0.2) is 49.7 Å². The summed E-state index contributed by atoms with van der Waals surface area (Å²) in [5.74, 6) is -9.74. The summed E-state index contributed by atoms with van der Waals surface area (Å²) in [4.78, 5) is 41.7. The predicted octanol–water partition coefficient (Wildman–Crippen LogP) is 5.89. The van der Waals surface area contributed by atoms with E-state index in [0.717, 1.165) is 42.2 Å². The fourth-order valence-corrected chi connectivity index (χ4v) is 3.73. The number of nitrogens with zero attached hydrogens (tertiary/aromatic N) is 2. The van der Waals surface area contributed by atoms with Gasteiger partial charge in [0.2, 0.25) is 11.6 Å². The van der Waals surface area contributed by atoms with E-state index in [1.54, 1.807) is 24.3 Å². The molecule has 0 saturated carbocycles. The van der Waals surface area contributed by atoms with Crippen molar-refractivity contribution in [1.29, 1.82) is 0 Å². The zero-order chi connectivity index (χ0) is 35.5. The van der Waals surface area contributed by atoms with Gasteiger partial charge in [-0.2, -0.15) is 8.78 Å². The van der Waals surface area contributed by atoms with Crippen molar-refractivity contribution in [2.24, 2.45) is 0 Å². The summed E-state index contributed by atoms with van der Waals surface area (Å²) in [6.45, 7) is -0.374. The van der Waals surface area contributed by atoms with Crippen LogP contribution in [0.1, 0.15) is 26.5 Å². The number of nitrogens with one attached hydrogen (secondary N) is 1. The van der Waals surface area contributed by atoms with Gasteiger partial charge in [-0.1, -0.05) is 42.5 Å². The molecule has 0 spiro atoms. The Balaban J connectivity index is 0.000000244. The van der Waals surface area contributed by atoms with Gasteiger partial charge in [-0.25, -0.2) is 23.5 Å². The number of esters is 1. The fourth-order valence-electron chi connectivity index (χ4n) is 3.73. The zero-order valence-electron chi connectivity index (χ0n) is 24.8. The van der Waals surface area contributed by atoms with E-state index in [0.29, 0.717) is 0 Å². The summed E-state index contributed by atoms with van der Waals surface area (Å²) in [5.41, 5.74) is -0.146. The first kappa shape index (κ1) is 35.1. The van der Waals surface area contributed by atoms with E-state index >= 15 is 0 Å². The molecular weight excluding hydrogens is 658 g/mol. The topological polar surface area (TPSA) is 177 Å². The van der Waals surface area contributed by atoms with E-state index in [-0.39, 0.29) is 23.8 Å². The summed E-state index contributed by atoms with van der Waals surface area (Å²) >= 11 is 0. The molecule has 0 bridgehead atoms. The van der Waals surface area contributed by atoms with Crippen molar-refractivity contribution < 1.29 is 61.5 Å². The van der Waals surface area contributed by atoms with E-state index in [1.165, 1.54) is 24.3 Å². The van der Waals surface area contributed by atoms with E-state index in [9.17, 15) is 42.2 Å². The van der Waals surface area contributed by atoms with E-state index < -0.39 is 76.4 Å². The monoisotopic (exact) mass is 681 g/mol. The molecule has 0 aliphatic heterocycles. The van der Waals surface area contributed by atoms with Crippen molar-refractivity contribution in [1.82, 2.24) is 15.3 Å². The summed E-state index contributed by atoms with van der Waals surface area (Å²) in [6, 6.07) is 17.7. The Morgan fingerprint density at radius 1 is 0.694 bits per heavy atom. The minimum absolute atomic E-state index is 0.0573. The van der Waals surface area contributed by atoms with Gasteiger partial charge in [-0.3, -0.25) is 9.59 Å². The van der Waals surface area contributed by atoms with Crippen LogP contribution in [-0.2, 0) is 16.1 Å². The number of amides is 1. The standard InChI is InChI=1S/C21H16F2N2O5.C12H7F2NO4/c22-15-7-4-8-17(19(15)23)30-14-9-16(26)20(24-10-14)21(28)25-11-18(27)29-12-13-5-2-1-3-6-13;13-7-2-1-3-9(10(7)14)19-6-4-8(16)11(12(17)18)15-5-6/h1-10,26H,11-12H2,(H,25,28);1-5,16H,(H,17,18). The molecule has 0 unspecified atom stereocenters. The Hall–Kier alpha value is -6.71. The van der Waals surface area contributed by atoms with Gasteiger partial charge in [0.05, 0.1) is 12.4 Å². The molecule has 2 aromatic heterocycles. The Bertz CT molecular complexity index is 1980. The van der Waals surface area contributed by atoms with Crippen LogP contribution in [0.25, 0.3) is 0 Å². The molecule has 3 aromatic carbocycles. The van der Waals surface area contributed by atoms with Crippen LogP contribution >= 0.6 is 0 Å². The number of carboxylic acid groups (broad SMARTS) is 1. The number of carbonyl (C=O) groups excluding carboxylic acids is 2. The van der Waals surface area contributed by atoms with Gasteiger partial charge < -0.3 is 34.8 Å². The second kappa shape index (κ2) is 16.2. The maximum absolute atomic E-state index is 13.7. The smallest absolute Gasteiger partial charge is 0.358 e. The minimum Gasteiger partial charge on any atom is -0.505 e.